The molecule has 2 N–H and O–H groups in total. The minimum Gasteiger partial charge on any atom is -0.390 e. The molecule has 0 radical (unpaired) electrons. The molecule has 17 heavy (non-hydrogen) atoms. The predicted molar refractivity (Wildman–Crippen MR) is 73.2 cm³/mol. The summed E-state index contributed by atoms with van der Waals surface area (Å²) in [5, 5.41) is 13.3. The molecule has 0 aromatic rings. The van der Waals surface area contributed by atoms with Crippen molar-refractivity contribution in [3.8, 4) is 0 Å². The van der Waals surface area contributed by atoms with Crippen molar-refractivity contribution in [2.75, 3.05) is 26.2 Å². The first-order valence-corrected chi connectivity index (χ1v) is 7.06. The number of nitrogens with one attached hydrogen (secondary N) is 1. The van der Waals surface area contributed by atoms with E-state index in [2.05, 4.69) is 37.9 Å². The Morgan fingerprint density at radius 2 is 2.12 bits per heavy atom. The molecule has 1 aliphatic rings. The van der Waals surface area contributed by atoms with Crippen LogP contribution in [-0.2, 0) is 0 Å². The Morgan fingerprint density at radius 1 is 1.41 bits per heavy atom. The Morgan fingerprint density at radius 3 is 2.71 bits per heavy atom. The van der Waals surface area contributed by atoms with Gasteiger partial charge in [-0.2, -0.15) is 0 Å². The summed E-state index contributed by atoms with van der Waals surface area (Å²) >= 11 is 0. The van der Waals surface area contributed by atoms with Crippen LogP contribution in [0.15, 0.2) is 0 Å². The quantitative estimate of drug-likeness (QED) is 0.746. The van der Waals surface area contributed by atoms with Gasteiger partial charge < -0.3 is 15.3 Å². The molecular weight excluding hydrogens is 212 g/mol. The van der Waals surface area contributed by atoms with E-state index < -0.39 is 0 Å². The minimum absolute atomic E-state index is 0.0940. The molecule has 0 aromatic heterocycles. The van der Waals surface area contributed by atoms with Gasteiger partial charge in [0.2, 0.25) is 0 Å². The number of β-amino-alcohol motifs (C(OH)–C–C–N with tert-alkyl or cyclic N) is 1. The Kier molecular flexibility index (Phi) is 5.90. The van der Waals surface area contributed by atoms with Crippen LogP contribution in [0.2, 0.25) is 0 Å². The van der Waals surface area contributed by atoms with E-state index in [4.69, 9.17) is 0 Å². The van der Waals surface area contributed by atoms with Crippen LogP contribution < -0.4 is 5.32 Å². The Bertz CT molecular complexity index is 213. The summed E-state index contributed by atoms with van der Waals surface area (Å²) in [5.41, 5.74) is 0.0940. The molecule has 1 fully saturated rings. The van der Waals surface area contributed by atoms with Crippen LogP contribution in [0.3, 0.4) is 0 Å². The SMILES string of the molecule is CCCC1CCN(CC(O)CNC(C)(C)C)C1. The average molecular weight is 242 g/mol. The third-order valence-electron chi connectivity index (χ3n) is 3.40. The van der Waals surface area contributed by atoms with E-state index in [-0.39, 0.29) is 11.6 Å². The molecule has 1 heterocycles. The molecule has 0 spiro atoms. The lowest BCUT2D eigenvalue weighted by Gasteiger charge is -2.25. The van der Waals surface area contributed by atoms with Crippen LogP contribution in [0.4, 0.5) is 0 Å². The number of rotatable bonds is 6. The van der Waals surface area contributed by atoms with Gasteiger partial charge >= 0.3 is 0 Å². The molecule has 3 heteroatoms. The monoisotopic (exact) mass is 242 g/mol. The van der Waals surface area contributed by atoms with Crippen molar-refractivity contribution in [1.82, 2.24) is 10.2 Å². The number of aliphatic hydroxyl groups is 1. The van der Waals surface area contributed by atoms with Crippen molar-refractivity contribution in [2.45, 2.75) is 58.6 Å². The van der Waals surface area contributed by atoms with Gasteiger partial charge in [0.25, 0.3) is 0 Å². The number of nitrogens with zero attached hydrogens (tertiary/aromatic N) is 1. The molecule has 0 amide bonds. The number of hydrogen-bond donors (Lipinski definition) is 2. The summed E-state index contributed by atoms with van der Waals surface area (Å²) in [6.45, 7) is 12.5. The fourth-order valence-corrected chi connectivity index (χ4v) is 2.51. The second kappa shape index (κ2) is 6.72. The number of hydrogen-bond acceptors (Lipinski definition) is 3. The normalized spacial score (nSPS) is 24.2. The van der Waals surface area contributed by atoms with Crippen molar-refractivity contribution in [1.29, 1.82) is 0 Å². The summed E-state index contributed by atoms with van der Waals surface area (Å²) < 4.78 is 0. The number of aliphatic hydroxyl groups excluding tert-OH is 1. The predicted octanol–water partition coefficient (Wildman–Crippen LogP) is 1.86. The zero-order valence-electron chi connectivity index (χ0n) is 12.0. The van der Waals surface area contributed by atoms with Gasteiger partial charge in [-0.25, -0.2) is 0 Å². The van der Waals surface area contributed by atoms with E-state index in [9.17, 15) is 5.11 Å². The van der Waals surface area contributed by atoms with Crippen LogP contribution in [-0.4, -0.2) is 47.8 Å². The van der Waals surface area contributed by atoms with Gasteiger partial charge in [0.15, 0.2) is 0 Å². The lowest BCUT2D eigenvalue weighted by atomic mass is 10.0. The maximum Gasteiger partial charge on any atom is 0.0791 e. The van der Waals surface area contributed by atoms with Crippen LogP contribution in [0.1, 0.15) is 47.0 Å². The lowest BCUT2D eigenvalue weighted by Crippen LogP contribution is -2.44. The first-order chi connectivity index (χ1) is 7.90. The summed E-state index contributed by atoms with van der Waals surface area (Å²) in [6, 6.07) is 0. The van der Waals surface area contributed by atoms with E-state index >= 15 is 0 Å². The summed E-state index contributed by atoms with van der Waals surface area (Å²) in [7, 11) is 0. The largest absolute Gasteiger partial charge is 0.390 e. The topological polar surface area (TPSA) is 35.5 Å². The zero-order valence-corrected chi connectivity index (χ0v) is 12.0. The van der Waals surface area contributed by atoms with Gasteiger partial charge in [-0.3, -0.25) is 0 Å². The standard InChI is InChI=1S/C14H30N2O/c1-5-6-12-7-8-16(10-12)11-13(17)9-15-14(2,3)4/h12-13,15,17H,5-11H2,1-4H3. The summed E-state index contributed by atoms with van der Waals surface area (Å²) in [6.07, 6.45) is 3.70. The van der Waals surface area contributed by atoms with Crippen molar-refractivity contribution in [3.63, 3.8) is 0 Å². The van der Waals surface area contributed by atoms with Gasteiger partial charge in [-0.05, 0) is 46.1 Å². The Hall–Kier alpha value is -0.120. The maximum atomic E-state index is 9.98. The second-order valence-corrected chi connectivity index (χ2v) is 6.49. The third kappa shape index (κ3) is 6.39. The van der Waals surface area contributed by atoms with Crippen molar-refractivity contribution < 1.29 is 5.11 Å². The van der Waals surface area contributed by atoms with E-state index in [1.807, 2.05) is 0 Å². The smallest absolute Gasteiger partial charge is 0.0791 e. The molecule has 1 saturated heterocycles. The van der Waals surface area contributed by atoms with E-state index in [0.29, 0.717) is 6.54 Å². The molecular formula is C14H30N2O. The molecule has 0 saturated carbocycles. The van der Waals surface area contributed by atoms with Crippen LogP contribution in [0, 0.1) is 5.92 Å². The van der Waals surface area contributed by atoms with Crippen LogP contribution in [0.25, 0.3) is 0 Å². The van der Waals surface area contributed by atoms with E-state index in [0.717, 1.165) is 19.0 Å². The molecule has 102 valence electrons. The molecule has 0 aromatic carbocycles. The summed E-state index contributed by atoms with van der Waals surface area (Å²) in [4.78, 5) is 2.41. The van der Waals surface area contributed by atoms with Crippen molar-refractivity contribution in [3.05, 3.63) is 0 Å². The molecule has 0 aliphatic carbocycles. The maximum absolute atomic E-state index is 9.98. The Labute approximate surface area is 107 Å². The van der Waals surface area contributed by atoms with Gasteiger partial charge in [-0.1, -0.05) is 13.3 Å². The first kappa shape index (κ1) is 14.9. The highest BCUT2D eigenvalue weighted by Gasteiger charge is 2.23. The molecule has 0 bridgehead atoms. The second-order valence-electron chi connectivity index (χ2n) is 6.49. The fraction of sp³-hybridized carbons (Fsp3) is 1.00. The van der Waals surface area contributed by atoms with Crippen molar-refractivity contribution in [2.24, 2.45) is 5.92 Å². The van der Waals surface area contributed by atoms with Gasteiger partial charge in [0, 0.05) is 25.2 Å². The average Bonchev–Trinajstić information content (AvgIpc) is 2.62. The number of likely N-dealkylation sites (tertiary alicyclic amines) is 1. The Balaban J connectivity index is 2.17. The van der Waals surface area contributed by atoms with Gasteiger partial charge in [0.1, 0.15) is 0 Å². The minimum atomic E-state index is -0.241. The van der Waals surface area contributed by atoms with E-state index in [1.165, 1.54) is 25.8 Å². The van der Waals surface area contributed by atoms with Gasteiger partial charge in [0.05, 0.1) is 6.10 Å². The fourth-order valence-electron chi connectivity index (χ4n) is 2.51. The van der Waals surface area contributed by atoms with Gasteiger partial charge in [-0.15, -0.1) is 0 Å². The zero-order chi connectivity index (χ0) is 12.9. The molecule has 1 rings (SSSR count). The first-order valence-electron chi connectivity index (χ1n) is 7.06. The van der Waals surface area contributed by atoms with Crippen LogP contribution >= 0.6 is 0 Å². The lowest BCUT2D eigenvalue weighted by molar-refractivity contribution is 0.114. The van der Waals surface area contributed by atoms with Crippen molar-refractivity contribution >= 4 is 0 Å². The van der Waals surface area contributed by atoms with Crippen LogP contribution in [0.5, 0.6) is 0 Å². The highest BCUT2D eigenvalue weighted by Crippen LogP contribution is 2.20. The third-order valence-corrected chi connectivity index (χ3v) is 3.40. The molecule has 2 unspecified atom stereocenters. The molecule has 3 nitrogen and oxygen atoms in total. The molecule has 1 aliphatic heterocycles. The highest BCUT2D eigenvalue weighted by molar-refractivity contribution is 4.79. The molecule has 2 atom stereocenters. The van der Waals surface area contributed by atoms with E-state index in [1.54, 1.807) is 0 Å². The highest BCUT2D eigenvalue weighted by atomic mass is 16.3. The summed E-state index contributed by atoms with van der Waals surface area (Å²) in [5.74, 6) is 0.864.